The molecule has 0 fully saturated rings. The summed E-state index contributed by atoms with van der Waals surface area (Å²) in [4.78, 5) is 0. The minimum Gasteiger partial charge on any atom is -0.396 e. The summed E-state index contributed by atoms with van der Waals surface area (Å²) in [6, 6.07) is 0. The monoisotopic (exact) mass is 164 g/mol. The average molecular weight is 164 g/mol. The van der Waals surface area contributed by atoms with Crippen molar-refractivity contribution in [3.05, 3.63) is 37.0 Å². The second kappa shape index (κ2) is 4.94. The summed E-state index contributed by atoms with van der Waals surface area (Å²) in [7, 11) is 0. The van der Waals surface area contributed by atoms with Crippen LogP contribution < -0.4 is 0 Å². The topological polar surface area (TPSA) is 20.2 Å². The smallest absolute Gasteiger partial charge is 0.0434 e. The highest BCUT2D eigenvalue weighted by Gasteiger charge is 2.16. The quantitative estimate of drug-likeness (QED) is 0.618. The Balaban J connectivity index is 2.45. The lowest BCUT2D eigenvalue weighted by atomic mass is 9.88. The maximum atomic E-state index is 8.84. The van der Waals surface area contributed by atoms with Gasteiger partial charge in [0.15, 0.2) is 0 Å². The van der Waals surface area contributed by atoms with Crippen LogP contribution in [0.5, 0.6) is 0 Å². The van der Waals surface area contributed by atoms with E-state index in [2.05, 4.69) is 30.9 Å². The lowest BCUT2D eigenvalue weighted by Gasteiger charge is -2.17. The van der Waals surface area contributed by atoms with Crippen LogP contribution in [0.4, 0.5) is 0 Å². The van der Waals surface area contributed by atoms with E-state index in [0.717, 1.165) is 12.8 Å². The Bertz CT molecular complexity index is 179. The highest BCUT2D eigenvalue weighted by molar-refractivity contribution is 5.18. The molecule has 1 heteroatoms. The van der Waals surface area contributed by atoms with Crippen LogP contribution in [0.25, 0.3) is 0 Å². The van der Waals surface area contributed by atoms with E-state index < -0.39 is 0 Å². The summed E-state index contributed by atoms with van der Waals surface area (Å²) in [5.74, 6) is 1.04. The van der Waals surface area contributed by atoms with Gasteiger partial charge in [0.1, 0.15) is 0 Å². The third-order valence-electron chi connectivity index (χ3n) is 2.29. The Kier molecular flexibility index (Phi) is 3.81. The van der Waals surface area contributed by atoms with Crippen LogP contribution in [-0.2, 0) is 0 Å². The van der Waals surface area contributed by atoms with E-state index in [1.54, 1.807) is 0 Å². The third-order valence-corrected chi connectivity index (χ3v) is 2.29. The van der Waals surface area contributed by atoms with Crippen molar-refractivity contribution in [3.63, 3.8) is 0 Å². The SMILES string of the molecule is C=CCC(CCO)C1C=CC=C1. The molecular weight excluding hydrogens is 148 g/mol. The van der Waals surface area contributed by atoms with E-state index in [1.807, 2.05) is 6.08 Å². The Morgan fingerprint density at radius 1 is 1.42 bits per heavy atom. The predicted octanol–water partition coefficient (Wildman–Crippen LogP) is 2.30. The molecule has 0 aromatic heterocycles. The molecule has 0 bridgehead atoms. The molecule has 1 nitrogen and oxygen atoms in total. The van der Waals surface area contributed by atoms with Gasteiger partial charge in [0.25, 0.3) is 0 Å². The molecule has 66 valence electrons. The van der Waals surface area contributed by atoms with Crippen LogP contribution in [0.2, 0.25) is 0 Å². The van der Waals surface area contributed by atoms with E-state index in [1.165, 1.54) is 0 Å². The van der Waals surface area contributed by atoms with Crippen LogP contribution in [0.15, 0.2) is 37.0 Å². The molecule has 0 aliphatic heterocycles. The lowest BCUT2D eigenvalue weighted by molar-refractivity contribution is 0.246. The zero-order valence-electron chi connectivity index (χ0n) is 7.32. The molecule has 1 N–H and O–H groups in total. The molecule has 0 radical (unpaired) electrons. The minimum atomic E-state index is 0.274. The van der Waals surface area contributed by atoms with Crippen LogP contribution in [0, 0.1) is 11.8 Å². The first-order valence-corrected chi connectivity index (χ1v) is 4.45. The highest BCUT2D eigenvalue weighted by atomic mass is 16.3. The van der Waals surface area contributed by atoms with Gasteiger partial charge < -0.3 is 5.11 Å². The Labute approximate surface area is 74.1 Å². The molecule has 0 saturated heterocycles. The largest absolute Gasteiger partial charge is 0.396 e. The standard InChI is InChI=1S/C11H16O/c1-2-5-10(8-9-12)11-6-3-4-7-11/h2-4,6-7,10-12H,1,5,8-9H2. The molecule has 0 heterocycles. The molecule has 0 aromatic carbocycles. The number of hydrogen-bond donors (Lipinski definition) is 1. The molecule has 12 heavy (non-hydrogen) atoms. The number of allylic oxidation sites excluding steroid dienone is 5. The highest BCUT2D eigenvalue weighted by Crippen LogP contribution is 2.25. The summed E-state index contributed by atoms with van der Waals surface area (Å²) in [6.45, 7) is 4.00. The molecule has 0 saturated carbocycles. The van der Waals surface area contributed by atoms with Crippen molar-refractivity contribution in [2.24, 2.45) is 11.8 Å². The number of rotatable bonds is 5. The first-order valence-electron chi connectivity index (χ1n) is 4.45. The van der Waals surface area contributed by atoms with Crippen molar-refractivity contribution in [1.29, 1.82) is 0 Å². The minimum absolute atomic E-state index is 0.274. The number of hydrogen-bond acceptors (Lipinski definition) is 1. The number of aliphatic hydroxyl groups excluding tert-OH is 1. The molecule has 0 amide bonds. The third kappa shape index (κ3) is 2.35. The fourth-order valence-corrected chi connectivity index (χ4v) is 1.61. The Morgan fingerprint density at radius 2 is 2.08 bits per heavy atom. The van der Waals surface area contributed by atoms with Gasteiger partial charge in [-0.05, 0) is 24.7 Å². The van der Waals surface area contributed by atoms with E-state index >= 15 is 0 Å². The zero-order chi connectivity index (χ0) is 8.81. The maximum Gasteiger partial charge on any atom is 0.0434 e. The van der Waals surface area contributed by atoms with E-state index in [-0.39, 0.29) is 6.61 Å². The van der Waals surface area contributed by atoms with Gasteiger partial charge in [-0.1, -0.05) is 30.4 Å². The predicted molar refractivity (Wildman–Crippen MR) is 51.8 cm³/mol. The second-order valence-electron chi connectivity index (χ2n) is 3.14. The van der Waals surface area contributed by atoms with Gasteiger partial charge in [0, 0.05) is 6.61 Å². The van der Waals surface area contributed by atoms with Crippen LogP contribution >= 0.6 is 0 Å². The molecule has 1 atom stereocenters. The first-order chi connectivity index (χ1) is 5.88. The van der Waals surface area contributed by atoms with Gasteiger partial charge in [0.05, 0.1) is 0 Å². The first kappa shape index (κ1) is 9.27. The van der Waals surface area contributed by atoms with Crippen molar-refractivity contribution < 1.29 is 5.11 Å². The molecule has 1 unspecified atom stereocenters. The Hall–Kier alpha value is -0.820. The normalized spacial score (nSPS) is 18.4. The molecule has 0 aromatic rings. The average Bonchev–Trinajstić information content (AvgIpc) is 2.56. The van der Waals surface area contributed by atoms with E-state index in [0.29, 0.717) is 11.8 Å². The molecule has 1 aliphatic rings. The summed E-state index contributed by atoms with van der Waals surface area (Å²) in [5, 5.41) is 8.84. The summed E-state index contributed by atoms with van der Waals surface area (Å²) in [6.07, 6.45) is 12.3. The van der Waals surface area contributed by atoms with Gasteiger partial charge >= 0.3 is 0 Å². The van der Waals surface area contributed by atoms with Gasteiger partial charge in [-0.15, -0.1) is 6.58 Å². The molecule has 1 aliphatic carbocycles. The summed E-state index contributed by atoms with van der Waals surface area (Å²) < 4.78 is 0. The fraction of sp³-hybridized carbons (Fsp3) is 0.455. The van der Waals surface area contributed by atoms with E-state index in [4.69, 9.17) is 5.11 Å². The van der Waals surface area contributed by atoms with Crippen molar-refractivity contribution in [2.75, 3.05) is 6.61 Å². The number of aliphatic hydroxyl groups is 1. The Morgan fingerprint density at radius 3 is 2.58 bits per heavy atom. The fourth-order valence-electron chi connectivity index (χ4n) is 1.61. The zero-order valence-corrected chi connectivity index (χ0v) is 7.32. The maximum absolute atomic E-state index is 8.84. The molecule has 1 rings (SSSR count). The van der Waals surface area contributed by atoms with Gasteiger partial charge in [-0.3, -0.25) is 0 Å². The van der Waals surface area contributed by atoms with E-state index in [9.17, 15) is 0 Å². The summed E-state index contributed by atoms with van der Waals surface area (Å²) >= 11 is 0. The van der Waals surface area contributed by atoms with Crippen molar-refractivity contribution in [3.8, 4) is 0 Å². The molecule has 0 spiro atoms. The van der Waals surface area contributed by atoms with Crippen molar-refractivity contribution in [1.82, 2.24) is 0 Å². The van der Waals surface area contributed by atoms with Crippen LogP contribution in [0.3, 0.4) is 0 Å². The van der Waals surface area contributed by atoms with Crippen molar-refractivity contribution >= 4 is 0 Å². The van der Waals surface area contributed by atoms with Crippen molar-refractivity contribution in [2.45, 2.75) is 12.8 Å². The van der Waals surface area contributed by atoms with Crippen LogP contribution in [0.1, 0.15) is 12.8 Å². The van der Waals surface area contributed by atoms with Gasteiger partial charge in [-0.2, -0.15) is 0 Å². The summed E-state index contributed by atoms with van der Waals surface area (Å²) in [5.41, 5.74) is 0. The van der Waals surface area contributed by atoms with Crippen LogP contribution in [-0.4, -0.2) is 11.7 Å². The van der Waals surface area contributed by atoms with Gasteiger partial charge in [-0.25, -0.2) is 0 Å². The van der Waals surface area contributed by atoms with Gasteiger partial charge in [0.2, 0.25) is 0 Å². The second-order valence-corrected chi connectivity index (χ2v) is 3.14. The molecular formula is C11H16O. The lowest BCUT2D eigenvalue weighted by Crippen LogP contribution is -2.10.